The molecule has 1 aliphatic heterocycles. The lowest BCUT2D eigenvalue weighted by atomic mass is 10.0. The van der Waals surface area contributed by atoms with Gasteiger partial charge in [0.2, 0.25) is 5.91 Å². The number of benzene rings is 2. The number of hydrogen-bond acceptors (Lipinski definition) is 2. The first-order valence-corrected chi connectivity index (χ1v) is 9.49. The van der Waals surface area contributed by atoms with Gasteiger partial charge < -0.3 is 10.2 Å². The van der Waals surface area contributed by atoms with E-state index in [2.05, 4.69) is 21.2 Å². The Labute approximate surface area is 162 Å². The lowest BCUT2D eigenvalue weighted by Crippen LogP contribution is -2.46. The second-order valence-electron chi connectivity index (χ2n) is 6.33. The van der Waals surface area contributed by atoms with E-state index in [0.29, 0.717) is 18.7 Å². The molecule has 5 heteroatoms. The van der Waals surface area contributed by atoms with Gasteiger partial charge in [0.15, 0.2) is 0 Å². The van der Waals surface area contributed by atoms with Crippen LogP contribution in [-0.4, -0.2) is 35.8 Å². The Morgan fingerprint density at radius 1 is 1.04 bits per heavy atom. The highest BCUT2D eigenvalue weighted by molar-refractivity contribution is 9.10. The maximum absolute atomic E-state index is 12.3. The minimum atomic E-state index is -0.0510. The molecule has 1 aliphatic rings. The van der Waals surface area contributed by atoms with E-state index in [1.165, 1.54) is 0 Å². The highest BCUT2D eigenvalue weighted by atomic mass is 79.9. The lowest BCUT2D eigenvalue weighted by molar-refractivity contribution is -0.126. The summed E-state index contributed by atoms with van der Waals surface area (Å²) in [6.45, 7) is 1.31. The van der Waals surface area contributed by atoms with E-state index < -0.39 is 0 Å². The molecular weight excluding hydrogens is 392 g/mol. The molecule has 4 nitrogen and oxygen atoms in total. The first-order valence-electron chi connectivity index (χ1n) is 8.70. The molecule has 0 aromatic heterocycles. The molecule has 2 aromatic carbocycles. The van der Waals surface area contributed by atoms with Gasteiger partial charge in [-0.3, -0.25) is 9.59 Å². The summed E-state index contributed by atoms with van der Waals surface area (Å²) >= 11 is 3.43. The summed E-state index contributed by atoms with van der Waals surface area (Å²) in [5.41, 5.74) is 1.65. The number of rotatable bonds is 4. The summed E-state index contributed by atoms with van der Waals surface area (Å²) in [6.07, 6.45) is 4.99. The molecule has 0 radical (unpaired) electrons. The van der Waals surface area contributed by atoms with Gasteiger partial charge >= 0.3 is 0 Å². The number of amides is 2. The van der Waals surface area contributed by atoms with Crippen molar-refractivity contribution in [2.45, 2.75) is 18.9 Å². The number of likely N-dealkylation sites (tertiary alicyclic amines) is 1. The molecule has 2 amide bonds. The predicted octanol–water partition coefficient (Wildman–Crippen LogP) is 3.88. The Hall–Kier alpha value is -2.40. The lowest BCUT2D eigenvalue weighted by Gasteiger charge is -2.31. The molecule has 1 heterocycles. The second-order valence-corrected chi connectivity index (χ2v) is 7.24. The van der Waals surface area contributed by atoms with Gasteiger partial charge in [-0.1, -0.05) is 46.3 Å². The van der Waals surface area contributed by atoms with Crippen LogP contribution in [0, 0.1) is 0 Å². The predicted molar refractivity (Wildman–Crippen MR) is 107 cm³/mol. The van der Waals surface area contributed by atoms with Crippen molar-refractivity contribution in [2.75, 3.05) is 13.1 Å². The zero-order chi connectivity index (χ0) is 18.4. The maximum atomic E-state index is 12.3. The van der Waals surface area contributed by atoms with Gasteiger partial charge in [-0.15, -0.1) is 0 Å². The number of carbonyl (C=O) groups excluding carboxylic acids is 2. The molecule has 2 aromatic rings. The van der Waals surface area contributed by atoms with Crippen molar-refractivity contribution in [1.82, 2.24) is 10.2 Å². The van der Waals surface area contributed by atoms with Crippen molar-refractivity contribution in [3.63, 3.8) is 0 Å². The van der Waals surface area contributed by atoms with Gasteiger partial charge in [-0.25, -0.2) is 0 Å². The molecule has 1 N–H and O–H groups in total. The van der Waals surface area contributed by atoms with Crippen molar-refractivity contribution in [3.8, 4) is 0 Å². The molecule has 1 fully saturated rings. The number of piperidine rings is 1. The van der Waals surface area contributed by atoms with Crippen LogP contribution in [0.2, 0.25) is 0 Å². The molecular formula is C21H21BrN2O2. The number of nitrogens with one attached hydrogen (secondary N) is 1. The molecule has 26 heavy (non-hydrogen) atoms. The van der Waals surface area contributed by atoms with Crippen LogP contribution < -0.4 is 5.32 Å². The molecule has 0 spiro atoms. The number of halogens is 1. The monoisotopic (exact) mass is 412 g/mol. The van der Waals surface area contributed by atoms with Crippen LogP contribution in [0.5, 0.6) is 0 Å². The fraction of sp³-hybridized carbons (Fsp3) is 0.238. The highest BCUT2D eigenvalue weighted by Crippen LogP contribution is 2.15. The maximum Gasteiger partial charge on any atom is 0.251 e. The summed E-state index contributed by atoms with van der Waals surface area (Å²) in [7, 11) is 0. The van der Waals surface area contributed by atoms with E-state index in [4.69, 9.17) is 0 Å². The van der Waals surface area contributed by atoms with Crippen LogP contribution in [0.4, 0.5) is 0 Å². The normalized spacial score (nSPS) is 15.2. The molecule has 0 bridgehead atoms. The van der Waals surface area contributed by atoms with E-state index in [1.54, 1.807) is 18.2 Å². The molecule has 1 saturated heterocycles. The van der Waals surface area contributed by atoms with E-state index in [0.717, 1.165) is 22.9 Å². The van der Waals surface area contributed by atoms with Crippen LogP contribution in [-0.2, 0) is 4.79 Å². The molecule has 0 aliphatic carbocycles. The third kappa shape index (κ3) is 5.05. The quantitative estimate of drug-likeness (QED) is 0.774. The van der Waals surface area contributed by atoms with Crippen LogP contribution in [0.25, 0.3) is 6.08 Å². The van der Waals surface area contributed by atoms with E-state index >= 15 is 0 Å². The topological polar surface area (TPSA) is 49.4 Å². The molecule has 0 unspecified atom stereocenters. The van der Waals surface area contributed by atoms with Crippen LogP contribution in [0.1, 0.15) is 28.8 Å². The first kappa shape index (κ1) is 18.4. The highest BCUT2D eigenvalue weighted by Gasteiger charge is 2.23. The largest absolute Gasteiger partial charge is 0.349 e. The van der Waals surface area contributed by atoms with Crippen LogP contribution in [0.3, 0.4) is 0 Å². The Kier molecular flexibility index (Phi) is 6.23. The van der Waals surface area contributed by atoms with Crippen molar-refractivity contribution in [2.24, 2.45) is 0 Å². The molecule has 0 atom stereocenters. The van der Waals surface area contributed by atoms with Gasteiger partial charge in [0.1, 0.15) is 0 Å². The van der Waals surface area contributed by atoms with Crippen molar-refractivity contribution in [1.29, 1.82) is 0 Å². The minimum Gasteiger partial charge on any atom is -0.349 e. The zero-order valence-corrected chi connectivity index (χ0v) is 16.0. The van der Waals surface area contributed by atoms with E-state index in [9.17, 15) is 9.59 Å². The summed E-state index contributed by atoms with van der Waals surface area (Å²) in [4.78, 5) is 26.4. The van der Waals surface area contributed by atoms with Crippen molar-refractivity contribution < 1.29 is 9.59 Å². The third-order valence-electron chi connectivity index (χ3n) is 4.44. The Bertz CT molecular complexity index is 797. The van der Waals surface area contributed by atoms with Crippen molar-refractivity contribution >= 4 is 33.8 Å². The Morgan fingerprint density at radius 3 is 2.46 bits per heavy atom. The Balaban J connectivity index is 1.48. The van der Waals surface area contributed by atoms with Gasteiger partial charge in [-0.2, -0.15) is 0 Å². The molecule has 0 saturated carbocycles. The van der Waals surface area contributed by atoms with Gasteiger partial charge in [0, 0.05) is 35.2 Å². The average Bonchev–Trinajstić information content (AvgIpc) is 2.67. The summed E-state index contributed by atoms with van der Waals surface area (Å²) in [5, 5.41) is 3.06. The summed E-state index contributed by atoms with van der Waals surface area (Å²) in [6, 6.07) is 17.1. The summed E-state index contributed by atoms with van der Waals surface area (Å²) < 4.78 is 0.988. The van der Waals surface area contributed by atoms with E-state index in [-0.39, 0.29) is 17.9 Å². The van der Waals surface area contributed by atoms with Crippen LogP contribution in [0.15, 0.2) is 65.1 Å². The third-order valence-corrected chi connectivity index (χ3v) is 4.94. The fourth-order valence-corrected chi connectivity index (χ4v) is 3.40. The Morgan fingerprint density at radius 2 is 1.77 bits per heavy atom. The average molecular weight is 413 g/mol. The van der Waals surface area contributed by atoms with Gasteiger partial charge in [0.25, 0.3) is 5.91 Å². The zero-order valence-electron chi connectivity index (χ0n) is 14.4. The number of carbonyl (C=O) groups is 2. The van der Waals surface area contributed by atoms with Gasteiger partial charge in [0.05, 0.1) is 0 Å². The second kappa shape index (κ2) is 8.81. The standard InChI is InChI=1S/C21H21BrN2O2/c22-18-8-4-5-16(15-18)9-10-20(25)24-13-11-19(12-14-24)23-21(26)17-6-2-1-3-7-17/h1-10,15,19H,11-14H2,(H,23,26). The number of nitrogens with zero attached hydrogens (tertiary/aromatic N) is 1. The first-order chi connectivity index (χ1) is 12.6. The molecule has 134 valence electrons. The van der Waals surface area contributed by atoms with Crippen molar-refractivity contribution in [3.05, 3.63) is 76.3 Å². The molecule has 3 rings (SSSR count). The smallest absolute Gasteiger partial charge is 0.251 e. The van der Waals surface area contributed by atoms with E-state index in [1.807, 2.05) is 53.4 Å². The minimum absolute atomic E-state index is 0.0119. The summed E-state index contributed by atoms with van der Waals surface area (Å²) in [5.74, 6) is -0.0391. The number of hydrogen-bond donors (Lipinski definition) is 1. The van der Waals surface area contributed by atoms with Crippen LogP contribution >= 0.6 is 15.9 Å². The SMILES string of the molecule is O=C(NC1CCN(C(=O)C=Cc2cccc(Br)c2)CC1)c1ccccc1. The van der Waals surface area contributed by atoms with Gasteiger partial charge in [-0.05, 0) is 48.7 Å². The fourth-order valence-electron chi connectivity index (χ4n) is 2.99.